The van der Waals surface area contributed by atoms with Crippen LogP contribution in [0.2, 0.25) is 0 Å². The summed E-state index contributed by atoms with van der Waals surface area (Å²) in [6.45, 7) is -0.452. The number of phenolic OH excluding ortho intramolecular Hbond substituents is 1. The summed E-state index contributed by atoms with van der Waals surface area (Å²) in [5.41, 5.74) is 0.878. The molecule has 0 spiro atoms. The van der Waals surface area contributed by atoms with Gasteiger partial charge in [0.05, 0.1) is 19.8 Å². The van der Waals surface area contributed by atoms with Gasteiger partial charge < -0.3 is 54.7 Å². The van der Waals surface area contributed by atoms with Crippen molar-refractivity contribution in [2.75, 3.05) is 19.8 Å². The molecule has 2 aliphatic heterocycles. The van der Waals surface area contributed by atoms with Gasteiger partial charge in [-0.25, -0.2) is 0 Å². The van der Waals surface area contributed by atoms with Crippen LogP contribution in [0.5, 0.6) is 5.75 Å². The quantitative estimate of drug-likeness (QED) is 0.237. The van der Waals surface area contributed by atoms with Crippen molar-refractivity contribution in [1.29, 1.82) is 0 Å². The second kappa shape index (κ2) is 10.3. The molecular weight excluding hydrogens is 404 g/mol. The van der Waals surface area contributed by atoms with E-state index in [1.807, 2.05) is 0 Å². The number of aromatic hydroxyl groups is 1. The molecule has 0 saturated carbocycles. The van der Waals surface area contributed by atoms with Crippen LogP contribution < -0.4 is 0 Å². The van der Waals surface area contributed by atoms with Crippen molar-refractivity contribution in [1.82, 2.24) is 0 Å². The van der Waals surface area contributed by atoms with E-state index in [9.17, 15) is 35.7 Å². The summed E-state index contributed by atoms with van der Waals surface area (Å²) in [4.78, 5) is 0. The fourth-order valence-corrected chi connectivity index (χ4v) is 3.26. The summed E-state index contributed by atoms with van der Waals surface area (Å²) in [7, 11) is 0. The lowest BCUT2D eigenvalue weighted by Gasteiger charge is -2.41. The van der Waals surface area contributed by atoms with Gasteiger partial charge in [0.25, 0.3) is 0 Å². The van der Waals surface area contributed by atoms with Gasteiger partial charge in [-0.05, 0) is 24.1 Å². The van der Waals surface area contributed by atoms with Gasteiger partial charge >= 0.3 is 0 Å². The standard InChI is InChI=1S/C19H28O11/c20-10-3-1-9(2-4-10)5-6-27-19-17(26)15(24)14(23)12(30-19)8-29-18-16(25)13(22)11(21)7-28-18/h1-4,11-26H,5-8H2/t11-,12+,13-,14+,15-,16+,17+,18-,19+/m0/s1. The smallest absolute Gasteiger partial charge is 0.186 e. The Bertz CT molecular complexity index is 656. The number of phenols is 1. The van der Waals surface area contributed by atoms with Crippen molar-refractivity contribution in [3.05, 3.63) is 29.8 Å². The Balaban J connectivity index is 1.51. The largest absolute Gasteiger partial charge is 0.508 e. The highest BCUT2D eigenvalue weighted by Gasteiger charge is 2.45. The van der Waals surface area contributed by atoms with Crippen molar-refractivity contribution in [3.63, 3.8) is 0 Å². The maximum absolute atomic E-state index is 10.2. The normalized spacial score (nSPS) is 39.7. The third-order valence-corrected chi connectivity index (χ3v) is 5.16. The Morgan fingerprint density at radius 2 is 1.47 bits per heavy atom. The molecule has 1 aromatic rings. The average Bonchev–Trinajstić information content (AvgIpc) is 2.73. The summed E-state index contributed by atoms with van der Waals surface area (Å²) < 4.78 is 21.5. The van der Waals surface area contributed by atoms with Crippen LogP contribution in [0.4, 0.5) is 0 Å². The highest BCUT2D eigenvalue weighted by atomic mass is 16.7. The predicted molar refractivity (Wildman–Crippen MR) is 98.2 cm³/mol. The van der Waals surface area contributed by atoms with E-state index >= 15 is 0 Å². The van der Waals surface area contributed by atoms with E-state index in [1.54, 1.807) is 12.1 Å². The van der Waals surface area contributed by atoms with Crippen LogP contribution in [-0.2, 0) is 25.4 Å². The molecule has 11 nitrogen and oxygen atoms in total. The molecule has 11 heteroatoms. The second-order valence-electron chi connectivity index (χ2n) is 7.39. The van der Waals surface area contributed by atoms with Crippen LogP contribution in [-0.4, -0.2) is 111 Å². The minimum Gasteiger partial charge on any atom is -0.508 e. The van der Waals surface area contributed by atoms with Gasteiger partial charge in [-0.3, -0.25) is 0 Å². The highest BCUT2D eigenvalue weighted by Crippen LogP contribution is 2.24. The zero-order valence-electron chi connectivity index (χ0n) is 16.1. The van der Waals surface area contributed by atoms with Gasteiger partial charge in [0.15, 0.2) is 12.6 Å². The topological polar surface area (TPSA) is 179 Å². The van der Waals surface area contributed by atoms with E-state index < -0.39 is 55.3 Å². The molecule has 7 N–H and O–H groups in total. The molecule has 2 saturated heterocycles. The number of hydrogen-bond acceptors (Lipinski definition) is 11. The summed E-state index contributed by atoms with van der Waals surface area (Å²) >= 11 is 0. The molecule has 0 aromatic heterocycles. The third-order valence-electron chi connectivity index (χ3n) is 5.16. The average molecular weight is 432 g/mol. The number of aliphatic hydroxyl groups excluding tert-OH is 6. The Hall–Kier alpha value is -1.38. The Morgan fingerprint density at radius 3 is 2.17 bits per heavy atom. The van der Waals surface area contributed by atoms with Crippen LogP contribution in [0, 0.1) is 0 Å². The van der Waals surface area contributed by atoms with Crippen LogP contribution in [0.1, 0.15) is 5.56 Å². The number of ether oxygens (including phenoxy) is 4. The SMILES string of the molecule is Oc1ccc(CCO[C@@H]2O[C@H](CO[C@@H]3OC[C@H](O)[C@H](O)[C@H]3O)[C@@H](O)[C@H](O)[C@H]2O)cc1. The van der Waals surface area contributed by atoms with Crippen molar-refractivity contribution in [2.45, 2.75) is 61.7 Å². The first-order chi connectivity index (χ1) is 14.3. The van der Waals surface area contributed by atoms with E-state index in [0.29, 0.717) is 6.42 Å². The summed E-state index contributed by atoms with van der Waals surface area (Å²) in [6.07, 6.45) is -11.9. The van der Waals surface area contributed by atoms with Crippen molar-refractivity contribution < 1.29 is 54.7 Å². The van der Waals surface area contributed by atoms with Crippen molar-refractivity contribution in [2.24, 2.45) is 0 Å². The molecule has 0 unspecified atom stereocenters. The zero-order valence-corrected chi connectivity index (χ0v) is 16.1. The lowest BCUT2D eigenvalue weighted by atomic mass is 9.99. The molecule has 9 atom stereocenters. The number of rotatable bonds is 7. The van der Waals surface area contributed by atoms with Crippen molar-refractivity contribution >= 4 is 0 Å². The first-order valence-electron chi connectivity index (χ1n) is 9.64. The van der Waals surface area contributed by atoms with Gasteiger partial charge in [0, 0.05) is 0 Å². The lowest BCUT2D eigenvalue weighted by Crippen LogP contribution is -2.60. The summed E-state index contributed by atoms with van der Waals surface area (Å²) in [5, 5.41) is 68.7. The minimum atomic E-state index is -1.56. The fraction of sp³-hybridized carbons (Fsp3) is 0.684. The van der Waals surface area contributed by atoms with E-state index in [-0.39, 0.29) is 25.6 Å². The molecule has 0 bridgehead atoms. The number of hydrogen-bond donors (Lipinski definition) is 7. The first-order valence-corrected chi connectivity index (χ1v) is 9.64. The molecule has 0 aliphatic carbocycles. The highest BCUT2D eigenvalue weighted by molar-refractivity contribution is 5.25. The molecule has 1 aromatic carbocycles. The summed E-state index contributed by atoms with van der Waals surface area (Å²) in [5.74, 6) is 0.139. The number of benzene rings is 1. The van der Waals surface area contributed by atoms with Crippen LogP contribution >= 0.6 is 0 Å². The third kappa shape index (κ3) is 5.45. The molecule has 170 valence electrons. The lowest BCUT2D eigenvalue weighted by molar-refractivity contribution is -0.320. The molecule has 2 fully saturated rings. The Kier molecular flexibility index (Phi) is 7.98. The van der Waals surface area contributed by atoms with E-state index in [2.05, 4.69) is 0 Å². The van der Waals surface area contributed by atoms with E-state index in [1.165, 1.54) is 12.1 Å². The minimum absolute atomic E-state index is 0.136. The van der Waals surface area contributed by atoms with E-state index in [0.717, 1.165) is 5.56 Å². The number of aliphatic hydroxyl groups is 6. The predicted octanol–water partition coefficient (Wildman–Crippen LogP) is -2.79. The van der Waals surface area contributed by atoms with Gasteiger partial charge in [-0.2, -0.15) is 0 Å². The zero-order chi connectivity index (χ0) is 21.8. The molecule has 2 aliphatic rings. The second-order valence-corrected chi connectivity index (χ2v) is 7.39. The van der Waals surface area contributed by atoms with Gasteiger partial charge in [-0.15, -0.1) is 0 Å². The van der Waals surface area contributed by atoms with E-state index in [4.69, 9.17) is 18.9 Å². The van der Waals surface area contributed by atoms with Crippen LogP contribution in [0.3, 0.4) is 0 Å². The van der Waals surface area contributed by atoms with Crippen molar-refractivity contribution in [3.8, 4) is 5.75 Å². The molecule has 30 heavy (non-hydrogen) atoms. The van der Waals surface area contributed by atoms with Crippen LogP contribution in [0.15, 0.2) is 24.3 Å². The van der Waals surface area contributed by atoms with Gasteiger partial charge in [0.2, 0.25) is 0 Å². The van der Waals surface area contributed by atoms with Crippen LogP contribution in [0.25, 0.3) is 0 Å². The fourth-order valence-electron chi connectivity index (χ4n) is 3.26. The molecule has 0 amide bonds. The molecule has 0 radical (unpaired) electrons. The molecule has 3 rings (SSSR count). The van der Waals surface area contributed by atoms with Gasteiger partial charge in [0.1, 0.15) is 48.5 Å². The maximum atomic E-state index is 10.2. The summed E-state index contributed by atoms with van der Waals surface area (Å²) in [6, 6.07) is 6.50. The maximum Gasteiger partial charge on any atom is 0.186 e. The molecule has 2 heterocycles. The monoisotopic (exact) mass is 432 g/mol. The van der Waals surface area contributed by atoms with Gasteiger partial charge in [-0.1, -0.05) is 12.1 Å². The Morgan fingerprint density at radius 1 is 0.800 bits per heavy atom. The molecular formula is C19H28O11. The first kappa shape index (κ1) is 23.3. The Labute approximate surface area is 172 Å².